The maximum absolute atomic E-state index is 9.40. The minimum absolute atomic E-state index is 0.572. The van der Waals surface area contributed by atoms with E-state index in [1.54, 1.807) is 13.0 Å². The molecule has 0 saturated carbocycles. The zero-order valence-electron chi connectivity index (χ0n) is 9.20. The molecule has 2 nitrogen and oxygen atoms in total. The van der Waals surface area contributed by atoms with E-state index in [2.05, 4.69) is 22.0 Å². The van der Waals surface area contributed by atoms with Crippen molar-refractivity contribution in [1.29, 1.82) is 0 Å². The van der Waals surface area contributed by atoms with E-state index in [9.17, 15) is 5.11 Å². The second kappa shape index (κ2) is 4.44. The second-order valence-corrected chi connectivity index (χ2v) is 4.72. The first-order chi connectivity index (χ1) is 7.58. The Morgan fingerprint density at radius 3 is 2.62 bits per heavy atom. The zero-order chi connectivity index (χ0) is 11.7. The van der Waals surface area contributed by atoms with Crippen molar-refractivity contribution < 1.29 is 9.52 Å². The van der Waals surface area contributed by atoms with Crippen LogP contribution in [0.25, 0.3) is 11.3 Å². The molecule has 16 heavy (non-hydrogen) atoms. The first-order valence-corrected chi connectivity index (χ1v) is 5.91. The number of hydrogen-bond donors (Lipinski definition) is 1. The van der Waals surface area contributed by atoms with Crippen LogP contribution in [0.15, 0.2) is 39.2 Å². The van der Waals surface area contributed by atoms with Crippen molar-refractivity contribution in [3.05, 3.63) is 46.1 Å². The summed E-state index contributed by atoms with van der Waals surface area (Å²) in [6.45, 7) is 3.72. The highest BCUT2D eigenvalue weighted by molar-refractivity contribution is 9.10. The molecule has 1 N–H and O–H groups in total. The van der Waals surface area contributed by atoms with E-state index in [4.69, 9.17) is 4.42 Å². The molecule has 1 atom stereocenters. The summed E-state index contributed by atoms with van der Waals surface area (Å²) in [7, 11) is 0. The summed E-state index contributed by atoms with van der Waals surface area (Å²) in [5, 5.41) is 9.40. The van der Waals surface area contributed by atoms with Gasteiger partial charge in [-0.15, -0.1) is 0 Å². The predicted octanol–water partition coefficient (Wildman–Crippen LogP) is 4.07. The van der Waals surface area contributed by atoms with Crippen LogP contribution < -0.4 is 0 Å². The highest BCUT2D eigenvalue weighted by Gasteiger charge is 2.11. The molecule has 1 aromatic heterocycles. The van der Waals surface area contributed by atoms with Gasteiger partial charge >= 0.3 is 0 Å². The number of aliphatic hydroxyl groups excluding tert-OH is 1. The maximum atomic E-state index is 9.40. The SMILES string of the molecule is Cc1ccc(Br)c(-c2ccc(C(C)O)o2)c1. The lowest BCUT2D eigenvalue weighted by atomic mass is 10.1. The number of hydrogen-bond acceptors (Lipinski definition) is 2. The van der Waals surface area contributed by atoms with Crippen molar-refractivity contribution in [2.45, 2.75) is 20.0 Å². The minimum Gasteiger partial charge on any atom is -0.458 e. The smallest absolute Gasteiger partial charge is 0.135 e. The van der Waals surface area contributed by atoms with Gasteiger partial charge in [0.25, 0.3) is 0 Å². The maximum Gasteiger partial charge on any atom is 0.135 e. The van der Waals surface area contributed by atoms with Crippen LogP contribution in [0.3, 0.4) is 0 Å². The van der Waals surface area contributed by atoms with Gasteiger partial charge in [-0.1, -0.05) is 27.6 Å². The topological polar surface area (TPSA) is 33.4 Å². The van der Waals surface area contributed by atoms with Crippen molar-refractivity contribution in [1.82, 2.24) is 0 Å². The molecule has 0 fully saturated rings. The lowest BCUT2D eigenvalue weighted by molar-refractivity contribution is 0.170. The Labute approximate surface area is 103 Å². The van der Waals surface area contributed by atoms with Gasteiger partial charge in [0.05, 0.1) is 0 Å². The Morgan fingerprint density at radius 2 is 2.00 bits per heavy atom. The lowest BCUT2D eigenvalue weighted by Gasteiger charge is -2.03. The van der Waals surface area contributed by atoms with Crippen molar-refractivity contribution >= 4 is 15.9 Å². The normalized spacial score (nSPS) is 12.8. The summed E-state index contributed by atoms with van der Waals surface area (Å²) in [5.41, 5.74) is 2.18. The summed E-state index contributed by atoms with van der Waals surface area (Å²) in [5.74, 6) is 1.36. The monoisotopic (exact) mass is 280 g/mol. The average Bonchev–Trinajstić information content (AvgIpc) is 2.70. The summed E-state index contributed by atoms with van der Waals surface area (Å²) in [6, 6.07) is 9.76. The predicted molar refractivity (Wildman–Crippen MR) is 67.2 cm³/mol. The van der Waals surface area contributed by atoms with E-state index >= 15 is 0 Å². The van der Waals surface area contributed by atoms with Gasteiger partial charge in [0.15, 0.2) is 0 Å². The van der Waals surface area contributed by atoms with Crippen molar-refractivity contribution in [3.63, 3.8) is 0 Å². The third-order valence-corrected chi connectivity index (χ3v) is 3.12. The first kappa shape index (κ1) is 11.4. The number of aryl methyl sites for hydroxylation is 1. The fourth-order valence-electron chi connectivity index (χ4n) is 1.55. The van der Waals surface area contributed by atoms with Gasteiger partial charge in [-0.3, -0.25) is 0 Å². The average molecular weight is 281 g/mol. The molecular formula is C13H13BrO2. The van der Waals surface area contributed by atoms with Gasteiger partial charge in [-0.05, 0) is 38.1 Å². The Kier molecular flexibility index (Phi) is 3.17. The van der Waals surface area contributed by atoms with Crippen LogP contribution in [-0.2, 0) is 0 Å². The molecule has 0 amide bonds. The quantitative estimate of drug-likeness (QED) is 0.900. The lowest BCUT2D eigenvalue weighted by Crippen LogP contribution is -1.85. The molecule has 0 aliphatic rings. The number of benzene rings is 1. The van der Waals surface area contributed by atoms with Crippen LogP contribution in [-0.4, -0.2) is 5.11 Å². The Morgan fingerprint density at radius 1 is 1.25 bits per heavy atom. The van der Waals surface area contributed by atoms with Gasteiger partial charge in [0.2, 0.25) is 0 Å². The Hall–Kier alpha value is -1.06. The molecule has 0 radical (unpaired) electrons. The van der Waals surface area contributed by atoms with Gasteiger partial charge in [0, 0.05) is 10.0 Å². The first-order valence-electron chi connectivity index (χ1n) is 5.12. The van der Waals surface area contributed by atoms with E-state index in [-0.39, 0.29) is 0 Å². The minimum atomic E-state index is -0.572. The molecule has 84 valence electrons. The summed E-state index contributed by atoms with van der Waals surface area (Å²) < 4.78 is 6.58. The molecule has 0 bridgehead atoms. The van der Waals surface area contributed by atoms with Crippen molar-refractivity contribution in [2.24, 2.45) is 0 Å². The molecule has 2 aromatic rings. The number of rotatable bonds is 2. The Balaban J connectivity index is 2.46. The number of aliphatic hydroxyl groups is 1. The van der Waals surface area contributed by atoms with E-state index in [0.29, 0.717) is 5.76 Å². The van der Waals surface area contributed by atoms with E-state index < -0.39 is 6.10 Å². The zero-order valence-corrected chi connectivity index (χ0v) is 10.8. The van der Waals surface area contributed by atoms with Crippen LogP contribution in [0.2, 0.25) is 0 Å². The molecule has 2 rings (SSSR count). The third kappa shape index (κ3) is 2.20. The fourth-order valence-corrected chi connectivity index (χ4v) is 1.99. The molecule has 0 aliphatic carbocycles. The van der Waals surface area contributed by atoms with Gasteiger partial charge in [-0.2, -0.15) is 0 Å². The molecular weight excluding hydrogens is 268 g/mol. The second-order valence-electron chi connectivity index (χ2n) is 3.86. The largest absolute Gasteiger partial charge is 0.458 e. The highest BCUT2D eigenvalue weighted by atomic mass is 79.9. The van der Waals surface area contributed by atoms with E-state index in [1.807, 2.05) is 25.1 Å². The summed E-state index contributed by atoms with van der Waals surface area (Å²) in [6.07, 6.45) is -0.572. The number of halogens is 1. The fraction of sp³-hybridized carbons (Fsp3) is 0.231. The van der Waals surface area contributed by atoms with Gasteiger partial charge < -0.3 is 9.52 Å². The Bertz CT molecular complexity index is 500. The molecule has 0 saturated heterocycles. The standard InChI is InChI=1S/C13H13BrO2/c1-8-3-4-11(14)10(7-8)13-6-5-12(16-13)9(2)15/h3-7,9,15H,1-2H3. The van der Waals surface area contributed by atoms with Crippen molar-refractivity contribution in [3.8, 4) is 11.3 Å². The van der Waals surface area contributed by atoms with Crippen LogP contribution >= 0.6 is 15.9 Å². The van der Waals surface area contributed by atoms with Gasteiger partial charge in [0.1, 0.15) is 17.6 Å². The van der Waals surface area contributed by atoms with Gasteiger partial charge in [-0.25, -0.2) is 0 Å². The number of furan rings is 1. The third-order valence-electron chi connectivity index (χ3n) is 2.43. The van der Waals surface area contributed by atoms with E-state index in [1.165, 1.54) is 5.56 Å². The van der Waals surface area contributed by atoms with Crippen LogP contribution in [0.1, 0.15) is 24.4 Å². The highest BCUT2D eigenvalue weighted by Crippen LogP contribution is 2.31. The molecule has 1 unspecified atom stereocenters. The molecule has 0 aliphatic heterocycles. The van der Waals surface area contributed by atoms with Crippen molar-refractivity contribution in [2.75, 3.05) is 0 Å². The summed E-state index contributed by atoms with van der Waals surface area (Å²) >= 11 is 3.49. The van der Waals surface area contributed by atoms with Crippen LogP contribution in [0.5, 0.6) is 0 Å². The molecule has 0 spiro atoms. The van der Waals surface area contributed by atoms with Crippen LogP contribution in [0.4, 0.5) is 0 Å². The molecule has 1 aromatic carbocycles. The van der Waals surface area contributed by atoms with E-state index in [0.717, 1.165) is 15.8 Å². The molecule has 1 heterocycles. The molecule has 3 heteroatoms. The van der Waals surface area contributed by atoms with Crippen LogP contribution in [0, 0.1) is 6.92 Å². The summed E-state index contributed by atoms with van der Waals surface area (Å²) in [4.78, 5) is 0.